The summed E-state index contributed by atoms with van der Waals surface area (Å²) in [7, 11) is 0. The number of hydrogen-bond acceptors (Lipinski definition) is 5. The molecule has 4 saturated carbocycles. The third-order valence-electron chi connectivity index (χ3n) is 10.2. The monoisotopic (exact) mass is 518 g/mol. The van der Waals surface area contributed by atoms with Crippen LogP contribution in [0.4, 0.5) is 0 Å². The van der Waals surface area contributed by atoms with Crippen molar-refractivity contribution in [1.29, 1.82) is 0 Å². The van der Waals surface area contributed by atoms with Crippen LogP contribution in [0.5, 0.6) is 0 Å². The van der Waals surface area contributed by atoms with Gasteiger partial charge in [-0.15, -0.1) is 11.6 Å². The molecule has 2 saturated heterocycles. The highest BCUT2D eigenvalue weighted by Gasteiger charge is 2.54. The van der Waals surface area contributed by atoms with E-state index in [1.165, 1.54) is 0 Å². The van der Waals surface area contributed by atoms with Crippen LogP contribution in [0.2, 0.25) is 0 Å². The average Bonchev–Trinajstić information content (AvgIpc) is 3.30. The molecule has 36 heavy (non-hydrogen) atoms. The first kappa shape index (κ1) is 24.8. The van der Waals surface area contributed by atoms with Gasteiger partial charge in [0.05, 0.1) is 35.9 Å². The van der Waals surface area contributed by atoms with Gasteiger partial charge in [-0.3, -0.25) is 29.0 Å². The maximum Gasteiger partial charge on any atom is 0.234 e. The molecular formula is C28H39ClN2O5. The Balaban J connectivity index is 0.982. The summed E-state index contributed by atoms with van der Waals surface area (Å²) in [6.07, 6.45) is 13.4. The second-order valence-corrected chi connectivity index (χ2v) is 12.7. The van der Waals surface area contributed by atoms with Crippen molar-refractivity contribution in [2.24, 2.45) is 23.7 Å². The van der Waals surface area contributed by atoms with Crippen molar-refractivity contribution in [3.05, 3.63) is 0 Å². The molecule has 5 atom stereocenters. The lowest BCUT2D eigenvalue weighted by atomic mass is 9.81. The molecule has 0 radical (unpaired) electrons. The van der Waals surface area contributed by atoms with Gasteiger partial charge in [-0.1, -0.05) is 19.3 Å². The molecule has 0 spiro atoms. The van der Waals surface area contributed by atoms with Crippen molar-refractivity contribution >= 4 is 35.2 Å². The van der Waals surface area contributed by atoms with Gasteiger partial charge in [0.1, 0.15) is 0 Å². The first-order valence-electron chi connectivity index (χ1n) is 14.5. The van der Waals surface area contributed by atoms with E-state index >= 15 is 0 Å². The number of nitrogens with zero attached hydrogens (tertiary/aromatic N) is 2. The number of ether oxygens (including phenoxy) is 1. The van der Waals surface area contributed by atoms with Gasteiger partial charge < -0.3 is 4.74 Å². The molecule has 2 aliphatic heterocycles. The van der Waals surface area contributed by atoms with E-state index in [0.717, 1.165) is 96.3 Å². The Labute approximate surface area is 218 Å². The zero-order valence-electron chi connectivity index (χ0n) is 21.1. The third kappa shape index (κ3) is 4.22. The second-order valence-electron chi connectivity index (χ2n) is 12.2. The van der Waals surface area contributed by atoms with Crippen molar-refractivity contribution in [2.45, 2.75) is 126 Å². The number of halogens is 1. The summed E-state index contributed by atoms with van der Waals surface area (Å²) in [5.41, 5.74) is 0. The molecule has 0 N–H and O–H groups in total. The maximum atomic E-state index is 13.1. The number of carbonyl (C=O) groups excluding carboxylic acids is 4. The second kappa shape index (κ2) is 10.0. The minimum atomic E-state index is -0.324. The molecular weight excluding hydrogens is 480 g/mol. The molecule has 7 nitrogen and oxygen atoms in total. The summed E-state index contributed by atoms with van der Waals surface area (Å²) in [6, 6.07) is 0.0125. The van der Waals surface area contributed by atoms with E-state index in [-0.39, 0.29) is 77.0 Å². The largest absolute Gasteiger partial charge is 0.375 e. The highest BCUT2D eigenvalue weighted by atomic mass is 35.5. The Morgan fingerprint density at radius 3 is 1.47 bits per heavy atom. The first-order chi connectivity index (χ1) is 17.4. The highest BCUT2D eigenvalue weighted by molar-refractivity contribution is 6.23. The van der Waals surface area contributed by atoms with Crippen molar-refractivity contribution in [3.8, 4) is 0 Å². The van der Waals surface area contributed by atoms with Gasteiger partial charge in [0.25, 0.3) is 0 Å². The number of carbonyl (C=O) groups is 4. The summed E-state index contributed by atoms with van der Waals surface area (Å²) < 4.78 is 6.47. The predicted molar refractivity (Wildman–Crippen MR) is 133 cm³/mol. The third-order valence-corrected chi connectivity index (χ3v) is 10.7. The van der Waals surface area contributed by atoms with Crippen molar-refractivity contribution < 1.29 is 23.9 Å². The molecule has 4 aliphatic carbocycles. The molecule has 0 aromatic heterocycles. The zero-order chi connectivity index (χ0) is 25.0. The zero-order valence-corrected chi connectivity index (χ0v) is 21.9. The minimum Gasteiger partial charge on any atom is -0.375 e. The van der Waals surface area contributed by atoms with Crippen LogP contribution < -0.4 is 0 Å². The summed E-state index contributed by atoms with van der Waals surface area (Å²) in [6.45, 7) is 0. The summed E-state index contributed by atoms with van der Waals surface area (Å²) in [5, 5.41) is -0.213. The minimum absolute atomic E-state index is 0.00360. The molecule has 2 heterocycles. The van der Waals surface area contributed by atoms with E-state index < -0.39 is 0 Å². The fourth-order valence-electron chi connectivity index (χ4n) is 8.25. The summed E-state index contributed by atoms with van der Waals surface area (Å²) >= 11 is 6.45. The number of amides is 4. The van der Waals surface area contributed by atoms with Gasteiger partial charge in [-0.2, -0.15) is 0 Å². The Kier molecular flexibility index (Phi) is 6.91. The van der Waals surface area contributed by atoms with Crippen molar-refractivity contribution in [3.63, 3.8) is 0 Å². The molecule has 0 aromatic rings. The summed E-state index contributed by atoms with van der Waals surface area (Å²) in [4.78, 5) is 55.2. The molecule has 8 heteroatoms. The highest BCUT2D eigenvalue weighted by Crippen LogP contribution is 2.44. The number of hydrogen-bond donors (Lipinski definition) is 0. The fraction of sp³-hybridized carbons (Fsp3) is 0.857. The lowest BCUT2D eigenvalue weighted by molar-refractivity contribution is -0.144. The van der Waals surface area contributed by atoms with Crippen LogP contribution in [-0.2, 0) is 23.9 Å². The Morgan fingerprint density at radius 1 is 0.528 bits per heavy atom. The van der Waals surface area contributed by atoms with Gasteiger partial charge in [0.2, 0.25) is 23.6 Å². The van der Waals surface area contributed by atoms with Crippen LogP contribution in [0.1, 0.15) is 96.3 Å². The molecule has 6 fully saturated rings. The Morgan fingerprint density at radius 2 is 0.972 bits per heavy atom. The van der Waals surface area contributed by atoms with Crippen molar-refractivity contribution in [2.75, 3.05) is 0 Å². The molecule has 4 amide bonds. The quantitative estimate of drug-likeness (QED) is 0.411. The smallest absolute Gasteiger partial charge is 0.234 e. The SMILES string of the molecule is O=C1C2CCCCC2C(=O)N1C1CCC(OC2CCC(N3C(=O)C4CCCC(Cl)C4C3=O)CC2)CC1. The predicted octanol–water partition coefficient (Wildman–Crippen LogP) is 4.19. The van der Waals surface area contributed by atoms with E-state index in [1.807, 2.05) is 0 Å². The summed E-state index contributed by atoms with van der Waals surface area (Å²) in [5.74, 6) is -0.542. The maximum absolute atomic E-state index is 13.1. The molecule has 6 rings (SSSR count). The van der Waals surface area contributed by atoms with E-state index in [9.17, 15) is 19.2 Å². The van der Waals surface area contributed by atoms with E-state index in [1.54, 1.807) is 9.80 Å². The van der Waals surface area contributed by atoms with Crippen LogP contribution in [-0.4, -0.2) is 63.1 Å². The first-order valence-corrected chi connectivity index (χ1v) is 14.9. The molecule has 5 unspecified atom stereocenters. The molecule has 0 aromatic carbocycles. The van der Waals surface area contributed by atoms with Gasteiger partial charge in [-0.05, 0) is 77.0 Å². The van der Waals surface area contributed by atoms with Crippen LogP contribution in [0.25, 0.3) is 0 Å². The molecule has 6 aliphatic rings. The lowest BCUT2D eigenvalue weighted by Crippen LogP contribution is -2.45. The van der Waals surface area contributed by atoms with Gasteiger partial charge in [0, 0.05) is 17.5 Å². The fourth-order valence-corrected chi connectivity index (χ4v) is 8.69. The number of likely N-dealkylation sites (tertiary alicyclic amines) is 2. The molecule has 198 valence electrons. The number of imide groups is 2. The van der Waals surface area contributed by atoms with E-state index in [0.29, 0.717) is 0 Å². The van der Waals surface area contributed by atoms with E-state index in [4.69, 9.17) is 16.3 Å². The topological polar surface area (TPSA) is 84.0 Å². The van der Waals surface area contributed by atoms with Crippen LogP contribution >= 0.6 is 11.6 Å². The van der Waals surface area contributed by atoms with Gasteiger partial charge in [-0.25, -0.2) is 0 Å². The number of rotatable bonds is 4. The molecule has 0 bridgehead atoms. The standard InChI is InChI=1S/C28H39ClN2O5/c29-23-7-3-6-22-24(23)28(35)31(27(22)34)17-10-14-19(15-11-17)36-18-12-8-16(9-13-18)30-25(32)20-4-1-2-5-21(20)26(30)33/h16-24H,1-15H2. The van der Waals surface area contributed by atoms with E-state index in [2.05, 4.69) is 0 Å². The van der Waals surface area contributed by atoms with Crippen LogP contribution in [0.15, 0.2) is 0 Å². The Hall–Kier alpha value is -1.47. The number of alkyl halides is 1. The van der Waals surface area contributed by atoms with Gasteiger partial charge in [0.15, 0.2) is 0 Å². The number of fused-ring (bicyclic) bond motifs is 2. The Bertz CT molecular complexity index is 886. The average molecular weight is 519 g/mol. The van der Waals surface area contributed by atoms with Crippen LogP contribution in [0, 0.1) is 23.7 Å². The van der Waals surface area contributed by atoms with Crippen LogP contribution in [0.3, 0.4) is 0 Å². The van der Waals surface area contributed by atoms with Gasteiger partial charge >= 0.3 is 0 Å². The van der Waals surface area contributed by atoms with Crippen molar-refractivity contribution in [1.82, 2.24) is 9.80 Å². The lowest BCUT2D eigenvalue weighted by Gasteiger charge is -2.38. The normalized spacial score (nSPS) is 43.6.